The van der Waals surface area contributed by atoms with E-state index in [1.165, 1.54) is 10.6 Å². The summed E-state index contributed by atoms with van der Waals surface area (Å²) in [7, 11) is -3.21. The first-order valence-electron chi connectivity index (χ1n) is 9.89. The van der Waals surface area contributed by atoms with Gasteiger partial charge < -0.3 is 15.2 Å². The van der Waals surface area contributed by atoms with E-state index in [1.807, 2.05) is 30.3 Å². The Kier molecular flexibility index (Phi) is 6.75. The summed E-state index contributed by atoms with van der Waals surface area (Å²) in [6, 6.07) is 9.48. The standard InChI is InChI=1S/C20H30N2O5S/c1-28(25,26)22-11-7-16(8-12-22)19(23)21-15-20(24,17-5-3-2-4-6-17)18-9-13-27-14-10-18/h2-6,16,18,24H,7-15H2,1H3,(H,21,23)/t20-/m0/s1. The van der Waals surface area contributed by atoms with E-state index in [0.717, 1.165) is 18.4 Å². The molecule has 0 bridgehead atoms. The Labute approximate surface area is 167 Å². The van der Waals surface area contributed by atoms with Crippen molar-refractivity contribution >= 4 is 15.9 Å². The van der Waals surface area contributed by atoms with Crippen LogP contribution in [0, 0.1) is 11.8 Å². The van der Waals surface area contributed by atoms with Crippen LogP contribution in [-0.4, -0.2) is 62.8 Å². The number of nitrogens with one attached hydrogen (secondary N) is 1. The van der Waals surface area contributed by atoms with Crippen molar-refractivity contribution in [3.05, 3.63) is 35.9 Å². The third kappa shape index (κ3) is 4.92. The van der Waals surface area contributed by atoms with Crippen molar-refractivity contribution < 1.29 is 23.1 Å². The minimum absolute atomic E-state index is 0.0102. The molecule has 0 unspecified atom stereocenters. The number of benzene rings is 1. The van der Waals surface area contributed by atoms with Crippen LogP contribution in [0.3, 0.4) is 0 Å². The van der Waals surface area contributed by atoms with Gasteiger partial charge in [0.1, 0.15) is 5.60 Å². The Bertz CT molecular complexity index is 756. The van der Waals surface area contributed by atoms with Gasteiger partial charge in [0.05, 0.1) is 12.8 Å². The van der Waals surface area contributed by atoms with Crippen LogP contribution in [0.1, 0.15) is 31.2 Å². The fourth-order valence-electron chi connectivity index (χ4n) is 4.20. The van der Waals surface area contributed by atoms with Crippen molar-refractivity contribution in [1.29, 1.82) is 0 Å². The van der Waals surface area contributed by atoms with Gasteiger partial charge in [-0.15, -0.1) is 0 Å². The highest BCUT2D eigenvalue weighted by molar-refractivity contribution is 7.88. The van der Waals surface area contributed by atoms with E-state index >= 15 is 0 Å². The van der Waals surface area contributed by atoms with Gasteiger partial charge in [-0.1, -0.05) is 30.3 Å². The lowest BCUT2D eigenvalue weighted by atomic mass is 9.77. The molecule has 1 aromatic carbocycles. The number of carbonyl (C=O) groups is 1. The van der Waals surface area contributed by atoms with Crippen LogP contribution in [0.2, 0.25) is 0 Å². The number of carbonyl (C=O) groups excluding carboxylic acids is 1. The van der Waals surface area contributed by atoms with Gasteiger partial charge in [-0.3, -0.25) is 4.79 Å². The van der Waals surface area contributed by atoms with E-state index in [-0.39, 0.29) is 24.3 Å². The molecule has 2 heterocycles. The molecule has 2 aliphatic heterocycles. The van der Waals surface area contributed by atoms with Gasteiger partial charge in [0, 0.05) is 32.2 Å². The molecule has 2 N–H and O–H groups in total. The van der Waals surface area contributed by atoms with Crippen molar-refractivity contribution in [2.75, 3.05) is 39.1 Å². The lowest BCUT2D eigenvalue weighted by molar-refractivity contribution is -0.129. The third-order valence-corrected chi connectivity index (χ3v) is 7.30. The second-order valence-electron chi connectivity index (χ2n) is 7.83. The molecule has 0 saturated carbocycles. The monoisotopic (exact) mass is 410 g/mol. The van der Waals surface area contributed by atoms with Crippen LogP contribution in [-0.2, 0) is 25.2 Å². The SMILES string of the molecule is CS(=O)(=O)N1CCC(C(=O)NC[C@](O)(c2ccccc2)C2CCOCC2)CC1. The molecule has 8 heteroatoms. The molecule has 0 aromatic heterocycles. The lowest BCUT2D eigenvalue weighted by Gasteiger charge is -2.39. The fraction of sp³-hybridized carbons (Fsp3) is 0.650. The number of ether oxygens (including phenoxy) is 1. The molecule has 0 radical (unpaired) electrons. The topological polar surface area (TPSA) is 95.9 Å². The van der Waals surface area contributed by atoms with Crippen molar-refractivity contribution in [2.24, 2.45) is 11.8 Å². The molecule has 0 aliphatic carbocycles. The van der Waals surface area contributed by atoms with E-state index in [4.69, 9.17) is 4.74 Å². The molecule has 2 aliphatic rings. The lowest BCUT2D eigenvalue weighted by Crippen LogP contribution is -2.50. The summed E-state index contributed by atoms with van der Waals surface area (Å²) >= 11 is 0. The predicted octanol–water partition coefficient (Wildman–Crippen LogP) is 1.09. The first kappa shape index (κ1) is 21.2. The van der Waals surface area contributed by atoms with Gasteiger partial charge >= 0.3 is 0 Å². The fourth-order valence-corrected chi connectivity index (χ4v) is 5.07. The minimum atomic E-state index is -3.21. The van der Waals surface area contributed by atoms with Crippen LogP contribution >= 0.6 is 0 Å². The van der Waals surface area contributed by atoms with Gasteiger partial charge in [0.25, 0.3) is 0 Å². The van der Waals surface area contributed by atoms with Crippen molar-refractivity contribution in [3.8, 4) is 0 Å². The first-order valence-corrected chi connectivity index (χ1v) is 11.7. The Hall–Kier alpha value is -1.48. The van der Waals surface area contributed by atoms with Crippen LogP contribution in [0.4, 0.5) is 0 Å². The minimum Gasteiger partial charge on any atom is -0.383 e. The number of piperidine rings is 1. The largest absolute Gasteiger partial charge is 0.383 e. The van der Waals surface area contributed by atoms with E-state index in [1.54, 1.807) is 0 Å². The zero-order valence-corrected chi connectivity index (χ0v) is 17.2. The zero-order valence-electron chi connectivity index (χ0n) is 16.3. The molecule has 3 rings (SSSR count). The number of hydrogen-bond donors (Lipinski definition) is 2. The second kappa shape index (κ2) is 8.90. The summed E-state index contributed by atoms with van der Waals surface area (Å²) in [6.07, 6.45) is 3.68. The van der Waals surface area contributed by atoms with E-state index in [9.17, 15) is 18.3 Å². The molecule has 0 spiro atoms. The number of rotatable bonds is 6. The zero-order chi connectivity index (χ0) is 20.2. The Balaban J connectivity index is 1.64. The number of hydrogen-bond acceptors (Lipinski definition) is 5. The quantitative estimate of drug-likeness (QED) is 0.732. The van der Waals surface area contributed by atoms with Crippen molar-refractivity contribution in [3.63, 3.8) is 0 Å². The highest BCUT2D eigenvalue weighted by atomic mass is 32.2. The third-order valence-electron chi connectivity index (χ3n) is 6.00. The van der Waals surface area contributed by atoms with Gasteiger partial charge in [-0.2, -0.15) is 0 Å². The first-order chi connectivity index (χ1) is 13.3. The molecule has 1 amide bonds. The summed E-state index contributed by atoms with van der Waals surface area (Å²) in [6.45, 7) is 2.09. The second-order valence-corrected chi connectivity index (χ2v) is 9.81. The molecule has 2 saturated heterocycles. The van der Waals surface area contributed by atoms with E-state index in [0.29, 0.717) is 39.1 Å². The molecule has 7 nitrogen and oxygen atoms in total. The maximum atomic E-state index is 12.7. The molecule has 1 atom stereocenters. The average Bonchev–Trinajstić information content (AvgIpc) is 2.72. The number of aliphatic hydroxyl groups is 1. The van der Waals surface area contributed by atoms with E-state index in [2.05, 4.69) is 5.32 Å². The summed E-state index contributed by atoms with van der Waals surface area (Å²) in [5.74, 6) is -0.335. The number of nitrogens with zero attached hydrogens (tertiary/aromatic N) is 1. The average molecular weight is 411 g/mol. The Morgan fingerprint density at radius 3 is 2.36 bits per heavy atom. The van der Waals surface area contributed by atoms with Crippen LogP contribution < -0.4 is 5.32 Å². The molecule has 2 fully saturated rings. The number of sulfonamides is 1. The molecular formula is C20H30N2O5S. The maximum Gasteiger partial charge on any atom is 0.223 e. The van der Waals surface area contributed by atoms with Crippen molar-refractivity contribution in [1.82, 2.24) is 9.62 Å². The summed E-state index contributed by atoms with van der Waals surface area (Å²) in [5, 5.41) is 14.5. The molecule has 28 heavy (non-hydrogen) atoms. The Morgan fingerprint density at radius 1 is 1.18 bits per heavy atom. The predicted molar refractivity (Wildman–Crippen MR) is 106 cm³/mol. The summed E-state index contributed by atoms with van der Waals surface area (Å²) in [4.78, 5) is 12.7. The smallest absolute Gasteiger partial charge is 0.223 e. The highest BCUT2D eigenvalue weighted by Gasteiger charge is 2.40. The number of amides is 1. The van der Waals surface area contributed by atoms with Crippen LogP contribution in [0.5, 0.6) is 0 Å². The summed E-state index contributed by atoms with van der Waals surface area (Å²) in [5.41, 5.74) is -0.345. The van der Waals surface area contributed by atoms with Gasteiger partial charge in [0.2, 0.25) is 15.9 Å². The summed E-state index contributed by atoms with van der Waals surface area (Å²) < 4.78 is 30.1. The van der Waals surface area contributed by atoms with Crippen LogP contribution in [0.25, 0.3) is 0 Å². The van der Waals surface area contributed by atoms with E-state index < -0.39 is 15.6 Å². The van der Waals surface area contributed by atoms with Gasteiger partial charge in [-0.25, -0.2) is 12.7 Å². The van der Waals surface area contributed by atoms with Crippen LogP contribution in [0.15, 0.2) is 30.3 Å². The maximum absolute atomic E-state index is 12.7. The molecular weight excluding hydrogens is 380 g/mol. The van der Waals surface area contributed by atoms with Gasteiger partial charge in [0.15, 0.2) is 0 Å². The highest BCUT2D eigenvalue weighted by Crippen LogP contribution is 2.36. The Morgan fingerprint density at radius 2 is 1.79 bits per heavy atom. The van der Waals surface area contributed by atoms with Crippen molar-refractivity contribution in [2.45, 2.75) is 31.3 Å². The normalized spacial score (nSPS) is 22.5. The van der Waals surface area contributed by atoms with Gasteiger partial charge in [-0.05, 0) is 37.2 Å². The molecule has 156 valence electrons. The molecule has 1 aromatic rings.